The van der Waals surface area contributed by atoms with Crippen molar-refractivity contribution in [2.24, 2.45) is 5.73 Å². The molecule has 2 aromatic carbocycles. The number of hydrogen-bond acceptors (Lipinski definition) is 6. The van der Waals surface area contributed by atoms with E-state index in [0.29, 0.717) is 49.7 Å². The van der Waals surface area contributed by atoms with Gasteiger partial charge in [0, 0.05) is 18.8 Å². The number of likely N-dealkylation sites (tertiary alicyclic amines) is 1. The van der Waals surface area contributed by atoms with Crippen molar-refractivity contribution >= 4 is 29.1 Å². The van der Waals surface area contributed by atoms with Crippen molar-refractivity contribution in [3.05, 3.63) is 54.3 Å². The van der Waals surface area contributed by atoms with E-state index in [9.17, 15) is 18.8 Å². The third kappa shape index (κ3) is 4.75. The van der Waals surface area contributed by atoms with Crippen molar-refractivity contribution in [3.8, 4) is 5.75 Å². The molecule has 2 saturated heterocycles. The number of carbonyl (C=O) groups excluding carboxylic acids is 3. The zero-order valence-electron chi connectivity index (χ0n) is 19.1. The molecule has 1 atom stereocenters. The maximum atomic E-state index is 13.2. The summed E-state index contributed by atoms with van der Waals surface area (Å²) < 4.78 is 18.8. The van der Waals surface area contributed by atoms with Gasteiger partial charge >= 0.3 is 0 Å². The van der Waals surface area contributed by atoms with Gasteiger partial charge < -0.3 is 15.8 Å². The van der Waals surface area contributed by atoms with E-state index in [-0.39, 0.29) is 24.1 Å². The Morgan fingerprint density at radius 1 is 1.12 bits per heavy atom. The number of nitrogens with one attached hydrogen (secondary N) is 1. The van der Waals surface area contributed by atoms with Gasteiger partial charge in [0.2, 0.25) is 11.8 Å². The Bertz CT molecular complexity index is 1050. The van der Waals surface area contributed by atoms with Gasteiger partial charge in [0.1, 0.15) is 17.1 Å². The Kier molecular flexibility index (Phi) is 6.83. The lowest BCUT2D eigenvalue weighted by atomic mass is 9.85. The molecule has 4 rings (SSSR count). The van der Waals surface area contributed by atoms with Crippen molar-refractivity contribution in [2.45, 2.75) is 44.2 Å². The fraction of sp³-hybridized carbons (Fsp3) is 0.400. The molecule has 2 aliphatic rings. The van der Waals surface area contributed by atoms with Crippen molar-refractivity contribution < 1.29 is 23.5 Å². The number of hydrogen-bond donors (Lipinski definition) is 2. The summed E-state index contributed by atoms with van der Waals surface area (Å²) in [6.07, 6.45) is 1.70. The first-order valence-electron chi connectivity index (χ1n) is 11.5. The lowest BCUT2D eigenvalue weighted by Gasteiger charge is -2.42. The van der Waals surface area contributed by atoms with Crippen LogP contribution in [-0.4, -0.2) is 53.9 Å². The van der Waals surface area contributed by atoms with Gasteiger partial charge in [-0.25, -0.2) is 9.29 Å². The molecule has 0 unspecified atom stereocenters. The minimum absolute atomic E-state index is 0.0852. The molecule has 2 aliphatic heterocycles. The van der Waals surface area contributed by atoms with Gasteiger partial charge in [-0.05, 0) is 67.8 Å². The molecule has 0 spiro atoms. The summed E-state index contributed by atoms with van der Waals surface area (Å²) in [4.78, 5) is 41.4. The SMILES string of the molecule is CCCOc1ccc(N2C(=O)C[C@H](N3CCC(Nc4ccc(F)cc4)(C(N)=O)CC3)C2=O)cc1. The van der Waals surface area contributed by atoms with Crippen molar-refractivity contribution in [1.82, 2.24) is 4.90 Å². The summed E-state index contributed by atoms with van der Waals surface area (Å²) in [6.45, 7) is 3.45. The Balaban J connectivity index is 1.42. The van der Waals surface area contributed by atoms with E-state index in [0.717, 1.165) is 6.42 Å². The molecule has 2 fully saturated rings. The molecule has 0 aromatic heterocycles. The molecule has 0 saturated carbocycles. The number of halogens is 1. The van der Waals surface area contributed by atoms with E-state index in [4.69, 9.17) is 10.5 Å². The average Bonchev–Trinajstić information content (AvgIpc) is 3.13. The van der Waals surface area contributed by atoms with Gasteiger partial charge in [-0.3, -0.25) is 19.3 Å². The first-order chi connectivity index (χ1) is 16.3. The normalized spacial score (nSPS) is 20.4. The van der Waals surface area contributed by atoms with E-state index in [1.54, 1.807) is 36.4 Å². The van der Waals surface area contributed by atoms with Gasteiger partial charge in [0.15, 0.2) is 0 Å². The number of primary amides is 1. The third-order valence-electron chi connectivity index (χ3n) is 6.48. The number of piperidine rings is 1. The largest absolute Gasteiger partial charge is 0.494 e. The second-order valence-corrected chi connectivity index (χ2v) is 8.74. The van der Waals surface area contributed by atoms with Crippen LogP contribution >= 0.6 is 0 Å². The highest BCUT2D eigenvalue weighted by Crippen LogP contribution is 2.32. The van der Waals surface area contributed by atoms with E-state index in [1.807, 2.05) is 11.8 Å². The van der Waals surface area contributed by atoms with Crippen LogP contribution in [-0.2, 0) is 14.4 Å². The second kappa shape index (κ2) is 9.80. The first kappa shape index (κ1) is 23.7. The Labute approximate surface area is 197 Å². The highest BCUT2D eigenvalue weighted by Gasteiger charge is 2.47. The number of anilines is 2. The summed E-state index contributed by atoms with van der Waals surface area (Å²) in [7, 11) is 0. The van der Waals surface area contributed by atoms with Crippen LogP contribution in [0.5, 0.6) is 5.75 Å². The zero-order chi connectivity index (χ0) is 24.3. The maximum Gasteiger partial charge on any atom is 0.251 e. The summed E-state index contributed by atoms with van der Waals surface area (Å²) in [5.41, 5.74) is 5.84. The van der Waals surface area contributed by atoms with E-state index in [1.165, 1.54) is 17.0 Å². The molecule has 180 valence electrons. The summed E-state index contributed by atoms with van der Waals surface area (Å²) in [6, 6.07) is 12.1. The fourth-order valence-corrected chi connectivity index (χ4v) is 4.54. The number of ether oxygens (including phenoxy) is 1. The van der Waals surface area contributed by atoms with Gasteiger partial charge in [0.05, 0.1) is 24.8 Å². The Hall–Kier alpha value is -3.46. The van der Waals surface area contributed by atoms with Crippen LogP contribution in [0, 0.1) is 5.82 Å². The van der Waals surface area contributed by atoms with Crippen molar-refractivity contribution in [1.29, 1.82) is 0 Å². The predicted molar refractivity (Wildman–Crippen MR) is 126 cm³/mol. The van der Waals surface area contributed by atoms with Gasteiger partial charge in [-0.15, -0.1) is 0 Å². The number of nitrogens with zero attached hydrogens (tertiary/aromatic N) is 2. The standard InChI is InChI=1S/C25H29FN4O4/c1-2-15-34-20-9-7-19(8-10-20)30-22(31)16-21(23(30)32)29-13-11-25(12-14-29,24(27)33)28-18-5-3-17(26)4-6-18/h3-10,21,28H,2,11-16H2,1H3,(H2,27,33)/t21-/m0/s1. The third-order valence-corrected chi connectivity index (χ3v) is 6.48. The number of rotatable bonds is 8. The van der Waals surface area contributed by atoms with Crippen LogP contribution in [0.25, 0.3) is 0 Å². The fourth-order valence-electron chi connectivity index (χ4n) is 4.54. The topological polar surface area (TPSA) is 105 Å². The molecule has 9 heteroatoms. The molecule has 0 aliphatic carbocycles. The van der Waals surface area contributed by atoms with Crippen LogP contribution in [0.15, 0.2) is 48.5 Å². The van der Waals surface area contributed by atoms with Gasteiger partial charge in [0.25, 0.3) is 5.91 Å². The lowest BCUT2D eigenvalue weighted by Crippen LogP contribution is -2.59. The average molecular weight is 469 g/mol. The summed E-state index contributed by atoms with van der Waals surface area (Å²) >= 11 is 0. The highest BCUT2D eigenvalue weighted by molar-refractivity contribution is 6.22. The maximum absolute atomic E-state index is 13.2. The molecular weight excluding hydrogens is 439 g/mol. The number of benzene rings is 2. The molecule has 8 nitrogen and oxygen atoms in total. The minimum Gasteiger partial charge on any atom is -0.494 e. The predicted octanol–water partition coefficient (Wildman–Crippen LogP) is 2.68. The van der Waals surface area contributed by atoms with Crippen LogP contribution in [0.2, 0.25) is 0 Å². The molecule has 3 N–H and O–H groups in total. The number of amides is 3. The summed E-state index contributed by atoms with van der Waals surface area (Å²) in [5, 5.41) is 3.16. The summed E-state index contributed by atoms with van der Waals surface area (Å²) in [5.74, 6) is -0.713. The number of carbonyl (C=O) groups is 3. The number of nitrogens with two attached hydrogens (primary N) is 1. The molecule has 3 amide bonds. The monoisotopic (exact) mass is 468 g/mol. The quantitative estimate of drug-likeness (QED) is 0.577. The van der Waals surface area contributed by atoms with Gasteiger partial charge in [-0.2, -0.15) is 0 Å². The first-order valence-corrected chi connectivity index (χ1v) is 11.5. The highest BCUT2D eigenvalue weighted by atomic mass is 19.1. The molecule has 2 aromatic rings. The van der Waals surface area contributed by atoms with Crippen molar-refractivity contribution in [3.63, 3.8) is 0 Å². The molecule has 0 radical (unpaired) electrons. The zero-order valence-corrected chi connectivity index (χ0v) is 19.1. The van der Waals surface area contributed by atoms with Crippen LogP contribution in [0.3, 0.4) is 0 Å². The van der Waals surface area contributed by atoms with Crippen LogP contribution < -0.4 is 20.7 Å². The van der Waals surface area contributed by atoms with E-state index < -0.39 is 17.5 Å². The molecule has 34 heavy (non-hydrogen) atoms. The lowest BCUT2D eigenvalue weighted by molar-refractivity contribution is -0.125. The Morgan fingerprint density at radius 2 is 1.76 bits per heavy atom. The van der Waals surface area contributed by atoms with Crippen molar-refractivity contribution in [2.75, 3.05) is 29.9 Å². The number of imide groups is 1. The van der Waals surface area contributed by atoms with Gasteiger partial charge in [-0.1, -0.05) is 6.92 Å². The van der Waals surface area contributed by atoms with E-state index in [2.05, 4.69) is 5.32 Å². The Morgan fingerprint density at radius 3 is 2.35 bits per heavy atom. The van der Waals surface area contributed by atoms with Crippen LogP contribution in [0.4, 0.5) is 15.8 Å². The smallest absolute Gasteiger partial charge is 0.251 e. The second-order valence-electron chi connectivity index (χ2n) is 8.74. The van der Waals surface area contributed by atoms with Crippen LogP contribution in [0.1, 0.15) is 32.6 Å². The molecule has 2 heterocycles. The molecular formula is C25H29FN4O4. The molecule has 0 bridgehead atoms. The minimum atomic E-state index is -1.01. The van der Waals surface area contributed by atoms with E-state index >= 15 is 0 Å².